The van der Waals surface area contributed by atoms with E-state index in [0.29, 0.717) is 0 Å². The molecule has 15 heavy (non-hydrogen) atoms. The normalized spacial score (nSPS) is 11.7. The van der Waals surface area contributed by atoms with Crippen LogP contribution in [-0.2, 0) is 4.79 Å². The second kappa shape index (κ2) is 8.34. The van der Waals surface area contributed by atoms with Crippen LogP contribution in [0.25, 0.3) is 0 Å². The largest absolute Gasteiger partial charge is 0.369 e. The van der Waals surface area contributed by atoms with Gasteiger partial charge in [0.15, 0.2) is 0 Å². The van der Waals surface area contributed by atoms with Gasteiger partial charge in [0, 0.05) is 11.5 Å². The molecule has 0 heterocycles. The third-order valence-electron chi connectivity index (χ3n) is 2.25. The molecule has 0 spiro atoms. The molecule has 0 aliphatic heterocycles. The number of hydrogen-bond donors (Lipinski definition) is 1. The van der Waals surface area contributed by atoms with Crippen molar-refractivity contribution in [3.8, 4) is 0 Å². The number of nitrogens with two attached hydrogens (primary N) is 1. The highest BCUT2D eigenvalue weighted by Gasteiger charge is 2.24. The Kier molecular flexibility index (Phi) is 8.43. The summed E-state index contributed by atoms with van der Waals surface area (Å²) in [6, 6.07) is 0. The third-order valence-corrected chi connectivity index (χ3v) is 5.07. The molecule has 0 rings (SSSR count). The minimum Gasteiger partial charge on any atom is -0.369 e. The highest BCUT2D eigenvalue weighted by Crippen LogP contribution is 2.30. The maximum absolute atomic E-state index is 11.0. The standard InChI is InChI=1S/C11H23NOS2/c1-4-5-6-7-8-14-15-9-11(2,3)10(12)13/h4-9H2,1-3H3,(H2,12,13). The van der Waals surface area contributed by atoms with Crippen molar-refractivity contribution in [1.82, 2.24) is 0 Å². The second-order valence-electron chi connectivity index (χ2n) is 4.39. The van der Waals surface area contributed by atoms with Gasteiger partial charge < -0.3 is 5.73 Å². The summed E-state index contributed by atoms with van der Waals surface area (Å²) in [5, 5.41) is 0. The number of unbranched alkanes of at least 4 members (excludes halogenated alkanes) is 3. The van der Waals surface area contributed by atoms with Crippen molar-refractivity contribution < 1.29 is 4.79 Å². The first-order chi connectivity index (χ1) is 7.00. The van der Waals surface area contributed by atoms with Crippen molar-refractivity contribution in [1.29, 1.82) is 0 Å². The zero-order valence-corrected chi connectivity index (χ0v) is 11.7. The van der Waals surface area contributed by atoms with Gasteiger partial charge in [-0.05, 0) is 6.42 Å². The average Bonchev–Trinajstić information content (AvgIpc) is 2.16. The molecule has 90 valence electrons. The molecule has 0 saturated carbocycles. The first kappa shape index (κ1) is 15.2. The van der Waals surface area contributed by atoms with Crippen LogP contribution in [0.5, 0.6) is 0 Å². The predicted molar refractivity (Wildman–Crippen MR) is 72.0 cm³/mol. The first-order valence-electron chi connectivity index (χ1n) is 5.55. The molecule has 0 aliphatic carbocycles. The number of amides is 1. The molecular weight excluding hydrogens is 226 g/mol. The molecule has 0 fully saturated rings. The van der Waals surface area contributed by atoms with Crippen LogP contribution in [0.2, 0.25) is 0 Å². The molecule has 0 bridgehead atoms. The summed E-state index contributed by atoms with van der Waals surface area (Å²) in [5.74, 6) is 1.78. The lowest BCUT2D eigenvalue weighted by atomic mass is 9.96. The number of rotatable bonds is 9. The zero-order chi connectivity index (χ0) is 11.7. The number of primary amides is 1. The second-order valence-corrected chi connectivity index (χ2v) is 6.98. The Labute approximate surface area is 102 Å². The van der Waals surface area contributed by atoms with Crippen molar-refractivity contribution >= 4 is 27.5 Å². The van der Waals surface area contributed by atoms with Gasteiger partial charge in [0.2, 0.25) is 5.91 Å². The minimum atomic E-state index is -0.374. The highest BCUT2D eigenvalue weighted by molar-refractivity contribution is 8.76. The summed E-state index contributed by atoms with van der Waals surface area (Å²) < 4.78 is 0. The lowest BCUT2D eigenvalue weighted by Gasteiger charge is -2.18. The maximum atomic E-state index is 11.0. The first-order valence-corrected chi connectivity index (χ1v) is 8.04. The number of hydrogen-bond acceptors (Lipinski definition) is 3. The van der Waals surface area contributed by atoms with Crippen LogP contribution in [0, 0.1) is 5.41 Å². The molecule has 0 aliphatic rings. The van der Waals surface area contributed by atoms with E-state index in [9.17, 15) is 4.79 Å². The fourth-order valence-electron chi connectivity index (χ4n) is 0.907. The molecule has 0 saturated heterocycles. The van der Waals surface area contributed by atoms with Crippen LogP contribution in [0.4, 0.5) is 0 Å². The Morgan fingerprint density at radius 3 is 2.40 bits per heavy atom. The van der Waals surface area contributed by atoms with Gasteiger partial charge in [0.1, 0.15) is 0 Å². The summed E-state index contributed by atoms with van der Waals surface area (Å²) >= 11 is 0. The number of carbonyl (C=O) groups is 1. The minimum absolute atomic E-state index is 0.207. The van der Waals surface area contributed by atoms with Gasteiger partial charge in [0.05, 0.1) is 5.41 Å². The molecule has 2 nitrogen and oxygen atoms in total. The van der Waals surface area contributed by atoms with Gasteiger partial charge in [-0.1, -0.05) is 61.6 Å². The van der Waals surface area contributed by atoms with E-state index in [1.165, 1.54) is 31.4 Å². The average molecular weight is 249 g/mol. The van der Waals surface area contributed by atoms with Crippen molar-refractivity contribution in [3.63, 3.8) is 0 Å². The fraction of sp³-hybridized carbons (Fsp3) is 0.909. The Bertz CT molecular complexity index is 183. The predicted octanol–water partition coefficient (Wildman–Crippen LogP) is 3.46. The lowest BCUT2D eigenvalue weighted by molar-refractivity contribution is -0.124. The van der Waals surface area contributed by atoms with E-state index < -0.39 is 0 Å². The summed E-state index contributed by atoms with van der Waals surface area (Å²) in [6.45, 7) is 6.03. The van der Waals surface area contributed by atoms with Crippen LogP contribution in [-0.4, -0.2) is 17.4 Å². The van der Waals surface area contributed by atoms with E-state index in [2.05, 4.69) is 6.92 Å². The van der Waals surface area contributed by atoms with Crippen LogP contribution >= 0.6 is 21.6 Å². The van der Waals surface area contributed by atoms with Crippen LogP contribution in [0.3, 0.4) is 0 Å². The van der Waals surface area contributed by atoms with Crippen molar-refractivity contribution in [2.24, 2.45) is 11.1 Å². The van der Waals surface area contributed by atoms with E-state index in [1.807, 2.05) is 24.6 Å². The molecule has 0 atom stereocenters. The van der Waals surface area contributed by atoms with Crippen LogP contribution < -0.4 is 5.73 Å². The van der Waals surface area contributed by atoms with Crippen molar-refractivity contribution in [3.05, 3.63) is 0 Å². The molecule has 0 radical (unpaired) electrons. The van der Waals surface area contributed by atoms with Crippen LogP contribution in [0.15, 0.2) is 0 Å². The topological polar surface area (TPSA) is 43.1 Å². The molecule has 1 amide bonds. The summed E-state index contributed by atoms with van der Waals surface area (Å²) in [7, 11) is 3.62. The molecule has 0 aromatic heterocycles. The zero-order valence-electron chi connectivity index (χ0n) is 10.0. The Morgan fingerprint density at radius 1 is 1.20 bits per heavy atom. The molecular formula is C11H23NOS2. The van der Waals surface area contributed by atoms with E-state index in [0.717, 1.165) is 5.75 Å². The molecule has 0 unspecified atom stereocenters. The maximum Gasteiger partial charge on any atom is 0.223 e. The van der Waals surface area contributed by atoms with Gasteiger partial charge in [-0.15, -0.1) is 0 Å². The quantitative estimate of drug-likeness (QED) is 0.503. The van der Waals surface area contributed by atoms with E-state index in [4.69, 9.17) is 5.73 Å². The number of carbonyl (C=O) groups excluding carboxylic acids is 1. The van der Waals surface area contributed by atoms with Crippen molar-refractivity contribution in [2.45, 2.75) is 46.5 Å². The third kappa shape index (κ3) is 8.03. The van der Waals surface area contributed by atoms with E-state index in [-0.39, 0.29) is 11.3 Å². The molecule has 2 N–H and O–H groups in total. The van der Waals surface area contributed by atoms with E-state index in [1.54, 1.807) is 10.8 Å². The molecule has 0 aromatic carbocycles. The van der Waals surface area contributed by atoms with Gasteiger partial charge in [-0.25, -0.2) is 0 Å². The van der Waals surface area contributed by atoms with Gasteiger partial charge in [-0.3, -0.25) is 4.79 Å². The Balaban J connectivity index is 3.35. The molecule has 4 heteroatoms. The van der Waals surface area contributed by atoms with Crippen molar-refractivity contribution in [2.75, 3.05) is 11.5 Å². The van der Waals surface area contributed by atoms with E-state index >= 15 is 0 Å². The van der Waals surface area contributed by atoms with Crippen LogP contribution in [0.1, 0.15) is 46.5 Å². The monoisotopic (exact) mass is 249 g/mol. The van der Waals surface area contributed by atoms with Gasteiger partial charge in [-0.2, -0.15) is 0 Å². The summed E-state index contributed by atoms with van der Waals surface area (Å²) in [5.41, 5.74) is 4.92. The van der Waals surface area contributed by atoms with Gasteiger partial charge >= 0.3 is 0 Å². The summed E-state index contributed by atoms with van der Waals surface area (Å²) in [4.78, 5) is 11.0. The Morgan fingerprint density at radius 2 is 1.87 bits per heavy atom. The SMILES string of the molecule is CCCCCCSSCC(C)(C)C(N)=O. The highest BCUT2D eigenvalue weighted by atomic mass is 33.1. The Hall–Kier alpha value is 0.170. The summed E-state index contributed by atoms with van der Waals surface area (Å²) in [6.07, 6.45) is 5.22. The lowest BCUT2D eigenvalue weighted by Crippen LogP contribution is -2.33. The molecule has 0 aromatic rings. The smallest absolute Gasteiger partial charge is 0.223 e. The van der Waals surface area contributed by atoms with Gasteiger partial charge in [0.25, 0.3) is 0 Å². The fourth-order valence-corrected chi connectivity index (χ4v) is 3.71.